The summed E-state index contributed by atoms with van der Waals surface area (Å²) in [6, 6.07) is 3.22. The zero-order chi connectivity index (χ0) is 25.2. The topological polar surface area (TPSA) is 85.6 Å². The summed E-state index contributed by atoms with van der Waals surface area (Å²) in [5.41, 5.74) is 3.96. The number of allylic oxidation sites excluding steroid dienone is 2. The van der Waals surface area contributed by atoms with Gasteiger partial charge in [0, 0.05) is 19.2 Å². The normalized spacial score (nSPS) is 16.0. The maximum absolute atomic E-state index is 12.7. The molecule has 0 bridgehead atoms. The van der Waals surface area contributed by atoms with E-state index in [-0.39, 0.29) is 12.6 Å². The lowest BCUT2D eigenvalue weighted by Crippen LogP contribution is -2.23. The van der Waals surface area contributed by atoms with Crippen molar-refractivity contribution >= 4 is 21.2 Å². The molecule has 1 aromatic rings. The lowest BCUT2D eigenvalue weighted by atomic mass is 9.94. The van der Waals surface area contributed by atoms with Crippen molar-refractivity contribution in [1.82, 2.24) is 0 Å². The Labute approximate surface area is 199 Å². The van der Waals surface area contributed by atoms with Crippen LogP contribution in [0.2, 0.25) is 25.7 Å². The Hall–Kier alpha value is -2.03. The molecule has 0 fully saturated rings. The molecule has 0 saturated carbocycles. The largest absolute Gasteiger partial charge is 0.496 e. The first-order valence-electron chi connectivity index (χ1n) is 11.3. The zero-order valence-corrected chi connectivity index (χ0v) is 23.4. The van der Waals surface area contributed by atoms with Crippen LogP contribution < -0.4 is 9.47 Å². The minimum Gasteiger partial charge on any atom is -0.496 e. The number of carbonyl (C=O) groups excluding carboxylic acids is 1. The molecule has 182 valence electrons. The summed E-state index contributed by atoms with van der Waals surface area (Å²) in [6.07, 6.45) is 2.90. The van der Waals surface area contributed by atoms with Gasteiger partial charge >= 0.3 is 5.97 Å². The molecule has 8 heteroatoms. The minimum atomic E-state index is -2.63. The van der Waals surface area contributed by atoms with Gasteiger partial charge in [0.05, 0.1) is 19.8 Å². The number of benzene rings is 1. The van der Waals surface area contributed by atoms with Crippen LogP contribution in [0.15, 0.2) is 11.6 Å². The van der Waals surface area contributed by atoms with Gasteiger partial charge in [0.25, 0.3) is 0 Å². The predicted molar refractivity (Wildman–Crippen MR) is 136 cm³/mol. The van der Waals surface area contributed by atoms with E-state index in [9.17, 15) is 14.6 Å². The highest BCUT2D eigenvalue weighted by Gasteiger charge is 2.37. The lowest BCUT2D eigenvalue weighted by Gasteiger charge is -2.26. The molecule has 1 aromatic carbocycles. The Morgan fingerprint density at radius 3 is 2.45 bits per heavy atom. The van der Waals surface area contributed by atoms with Crippen molar-refractivity contribution in [2.75, 3.05) is 27.0 Å². The van der Waals surface area contributed by atoms with Gasteiger partial charge in [-0.15, -0.1) is 0 Å². The second kappa shape index (κ2) is 10.1. The zero-order valence-electron chi connectivity index (χ0n) is 21.5. The number of rotatable bonds is 10. The molecule has 0 N–H and O–H groups in total. The minimum absolute atomic E-state index is 0.221. The van der Waals surface area contributed by atoms with Gasteiger partial charge in [0.2, 0.25) is 0 Å². The van der Waals surface area contributed by atoms with Crippen LogP contribution in [0.3, 0.4) is 0 Å². The summed E-state index contributed by atoms with van der Waals surface area (Å²) in [7, 11) is -2.34. The van der Waals surface area contributed by atoms with E-state index in [0.717, 1.165) is 28.3 Å². The number of esters is 1. The molecule has 1 heterocycles. The van der Waals surface area contributed by atoms with E-state index in [4.69, 9.17) is 14.2 Å². The molecular formula is C25H38NO5PSi. The number of methoxy groups -OCH3 is 1. The summed E-state index contributed by atoms with van der Waals surface area (Å²) in [6.45, 7) is 16.5. The van der Waals surface area contributed by atoms with Gasteiger partial charge in [-0.1, -0.05) is 31.3 Å². The fraction of sp³-hybridized carbons (Fsp3) is 0.600. The van der Waals surface area contributed by atoms with E-state index in [2.05, 4.69) is 25.7 Å². The number of ether oxygens (including phenoxy) is 3. The van der Waals surface area contributed by atoms with Crippen molar-refractivity contribution in [3.05, 3.63) is 33.9 Å². The van der Waals surface area contributed by atoms with Crippen molar-refractivity contribution < 1.29 is 23.6 Å². The smallest absolute Gasteiger partial charge is 0.342 e. The molecule has 0 spiro atoms. The molecule has 6 nitrogen and oxygen atoms in total. The molecule has 0 aliphatic carbocycles. The third-order valence-corrected chi connectivity index (χ3v) is 10.8. The van der Waals surface area contributed by atoms with Crippen LogP contribution >= 0.6 is 7.14 Å². The third-order valence-electron chi connectivity index (χ3n) is 6.43. The van der Waals surface area contributed by atoms with Crippen LogP contribution in [0.4, 0.5) is 0 Å². The highest BCUT2D eigenvalue weighted by atomic mass is 31.2. The molecule has 2 rings (SSSR count). The number of cyclic esters (lactones) is 1. The first-order valence-corrected chi connectivity index (χ1v) is 17.6. The molecule has 33 heavy (non-hydrogen) atoms. The van der Waals surface area contributed by atoms with Crippen LogP contribution in [0, 0.1) is 18.3 Å². The SMILES string of the molecule is COc1c(C)c2c(c(OCC[Si](C)(C)C)c1C/C=C(\C)CC(C)(C#N)P(C)(C)=O)C(=O)OC2. The highest BCUT2D eigenvalue weighted by Crippen LogP contribution is 2.54. The number of nitrogens with zero attached hydrogens (tertiary/aromatic N) is 1. The Kier molecular flexibility index (Phi) is 8.31. The van der Waals surface area contributed by atoms with E-state index in [1.807, 2.05) is 19.9 Å². The molecular weight excluding hydrogens is 453 g/mol. The van der Waals surface area contributed by atoms with Crippen molar-refractivity contribution in [2.45, 2.75) is 71.1 Å². The lowest BCUT2D eigenvalue weighted by molar-refractivity contribution is 0.0532. The van der Waals surface area contributed by atoms with Crippen LogP contribution in [0.1, 0.15) is 47.3 Å². The summed E-state index contributed by atoms with van der Waals surface area (Å²) < 4.78 is 30.1. The first kappa shape index (κ1) is 27.2. The molecule has 0 amide bonds. The third kappa shape index (κ3) is 6.10. The molecule has 1 atom stereocenters. The predicted octanol–water partition coefficient (Wildman–Crippen LogP) is 6.17. The highest BCUT2D eigenvalue weighted by molar-refractivity contribution is 7.64. The second-order valence-corrected chi connectivity index (χ2v) is 20.0. The van der Waals surface area contributed by atoms with Gasteiger partial charge in [-0.05, 0) is 58.6 Å². The van der Waals surface area contributed by atoms with Crippen LogP contribution in [-0.2, 0) is 22.3 Å². The Morgan fingerprint density at radius 1 is 1.30 bits per heavy atom. The monoisotopic (exact) mass is 491 g/mol. The Balaban J connectivity index is 2.50. The van der Waals surface area contributed by atoms with Crippen molar-refractivity contribution in [3.8, 4) is 17.6 Å². The van der Waals surface area contributed by atoms with Gasteiger partial charge in [-0.25, -0.2) is 4.79 Å². The van der Waals surface area contributed by atoms with E-state index in [1.54, 1.807) is 27.4 Å². The van der Waals surface area contributed by atoms with Crippen molar-refractivity contribution in [1.29, 1.82) is 5.26 Å². The number of hydrogen-bond donors (Lipinski definition) is 0. The Bertz CT molecular complexity index is 1040. The Morgan fingerprint density at radius 2 is 1.94 bits per heavy atom. The molecule has 1 aliphatic heterocycles. The van der Waals surface area contributed by atoms with Gasteiger partial charge in [0.1, 0.15) is 36.0 Å². The number of nitriles is 1. The van der Waals surface area contributed by atoms with Crippen LogP contribution in [0.5, 0.6) is 11.5 Å². The first-order chi connectivity index (χ1) is 15.1. The molecule has 1 aliphatic rings. The maximum Gasteiger partial charge on any atom is 0.342 e. The van der Waals surface area contributed by atoms with E-state index < -0.39 is 20.4 Å². The number of carbonyl (C=O) groups is 1. The molecule has 0 saturated heterocycles. The fourth-order valence-electron chi connectivity index (χ4n) is 3.87. The summed E-state index contributed by atoms with van der Waals surface area (Å²) in [5, 5.41) is 8.75. The van der Waals surface area contributed by atoms with E-state index in [1.165, 1.54) is 0 Å². The molecule has 1 unspecified atom stereocenters. The number of fused-ring (bicyclic) bond motifs is 1. The second-order valence-electron chi connectivity index (χ2n) is 10.7. The summed E-state index contributed by atoms with van der Waals surface area (Å²) in [4.78, 5) is 12.6. The van der Waals surface area contributed by atoms with E-state index in [0.29, 0.717) is 36.5 Å². The van der Waals surface area contributed by atoms with Gasteiger partial charge in [0.15, 0.2) is 0 Å². The summed E-state index contributed by atoms with van der Waals surface area (Å²) in [5.74, 6) is 0.867. The van der Waals surface area contributed by atoms with Gasteiger partial charge in [-0.3, -0.25) is 0 Å². The number of hydrogen-bond acceptors (Lipinski definition) is 6. The van der Waals surface area contributed by atoms with Crippen LogP contribution in [0.25, 0.3) is 0 Å². The molecule has 0 aromatic heterocycles. The van der Waals surface area contributed by atoms with E-state index >= 15 is 0 Å². The fourth-order valence-corrected chi connectivity index (χ4v) is 5.46. The van der Waals surface area contributed by atoms with Crippen molar-refractivity contribution in [2.24, 2.45) is 0 Å². The summed E-state index contributed by atoms with van der Waals surface area (Å²) >= 11 is 0. The quantitative estimate of drug-likeness (QED) is 0.168. The van der Waals surface area contributed by atoms with Gasteiger partial charge < -0.3 is 18.8 Å². The maximum atomic E-state index is 12.7. The van der Waals surface area contributed by atoms with Crippen molar-refractivity contribution in [3.63, 3.8) is 0 Å². The average Bonchev–Trinajstić information content (AvgIpc) is 3.08. The van der Waals surface area contributed by atoms with Crippen LogP contribution in [-0.4, -0.2) is 46.2 Å². The standard InChI is InChI=1S/C25H38NO5PSi/c1-17(14-25(3,16-26)32(5,6)28)10-11-19-22(29-4)18(2)20-15-31-24(27)21(20)23(19)30-12-13-33(7,8)9/h10H,11-15H2,1-9H3/b17-10+. The van der Waals surface area contributed by atoms with Gasteiger partial charge in [-0.2, -0.15) is 5.26 Å². The molecule has 0 radical (unpaired) electrons. The average molecular weight is 492 g/mol.